The van der Waals surface area contributed by atoms with E-state index in [0.717, 1.165) is 0 Å². The molecule has 0 bridgehead atoms. The fourth-order valence-electron chi connectivity index (χ4n) is 8.73. The molecule has 0 atom stereocenters. The smallest absolute Gasteiger partial charge is 0.00261 e. The zero-order chi connectivity index (χ0) is 32.8. The highest BCUT2D eigenvalue weighted by molar-refractivity contribution is 6.23. The molecule has 0 heteroatoms. The van der Waals surface area contributed by atoms with Crippen molar-refractivity contribution in [2.75, 3.05) is 0 Å². The number of rotatable bonds is 3. The van der Waals surface area contributed by atoms with E-state index >= 15 is 0 Å². The SMILES string of the molecule is c1cc(-c2ccc3ccc4ccccc4c3c2)cc(-c2c3ccccc3c(-c3ccc4c(c3)-c3cccc5cccc-4c35)c3ccccc23)c1. The first-order valence-electron chi connectivity index (χ1n) is 17.4. The molecule has 230 valence electrons. The fourth-order valence-corrected chi connectivity index (χ4v) is 8.73. The molecule has 0 aliphatic heterocycles. The maximum atomic E-state index is 2.43. The lowest BCUT2D eigenvalue weighted by atomic mass is 9.84. The number of hydrogen-bond acceptors (Lipinski definition) is 0. The number of hydrogen-bond donors (Lipinski definition) is 0. The first-order valence-corrected chi connectivity index (χ1v) is 17.4. The lowest BCUT2D eigenvalue weighted by Crippen LogP contribution is -1.91. The molecule has 0 heterocycles. The van der Waals surface area contributed by atoms with Gasteiger partial charge in [-0.2, -0.15) is 0 Å². The molecule has 11 rings (SSSR count). The Morgan fingerprint density at radius 1 is 0.220 bits per heavy atom. The summed E-state index contributed by atoms with van der Waals surface area (Å²) < 4.78 is 0. The Morgan fingerprint density at radius 3 is 1.40 bits per heavy atom. The van der Waals surface area contributed by atoms with Gasteiger partial charge in [0.05, 0.1) is 0 Å². The maximum Gasteiger partial charge on any atom is -0.00261 e. The normalized spacial score (nSPS) is 12.0. The molecule has 0 amide bonds. The van der Waals surface area contributed by atoms with Crippen LogP contribution in [0.3, 0.4) is 0 Å². The van der Waals surface area contributed by atoms with Gasteiger partial charge in [0, 0.05) is 0 Å². The van der Waals surface area contributed by atoms with Crippen molar-refractivity contribution >= 4 is 53.9 Å². The molecular formula is C50H30. The molecule has 10 aromatic carbocycles. The summed E-state index contributed by atoms with van der Waals surface area (Å²) in [6.07, 6.45) is 0. The van der Waals surface area contributed by atoms with E-state index in [4.69, 9.17) is 0 Å². The molecule has 0 unspecified atom stereocenters. The van der Waals surface area contributed by atoms with Crippen molar-refractivity contribution < 1.29 is 0 Å². The molecular weight excluding hydrogens is 601 g/mol. The molecule has 10 aromatic rings. The lowest BCUT2D eigenvalue weighted by Gasteiger charge is -2.19. The van der Waals surface area contributed by atoms with E-state index in [-0.39, 0.29) is 0 Å². The predicted molar refractivity (Wildman–Crippen MR) is 215 cm³/mol. The van der Waals surface area contributed by atoms with E-state index in [2.05, 4.69) is 182 Å². The highest BCUT2D eigenvalue weighted by atomic mass is 14.3. The molecule has 0 radical (unpaired) electrons. The second kappa shape index (κ2) is 10.5. The van der Waals surface area contributed by atoms with Crippen molar-refractivity contribution in [1.29, 1.82) is 0 Å². The molecule has 1 aliphatic rings. The molecule has 0 fully saturated rings. The first-order chi connectivity index (χ1) is 24.8. The minimum absolute atomic E-state index is 1.22. The van der Waals surface area contributed by atoms with E-state index in [0.29, 0.717) is 0 Å². The molecule has 0 saturated carbocycles. The lowest BCUT2D eigenvalue weighted by molar-refractivity contribution is 1.63. The Hall–Kier alpha value is -6.50. The van der Waals surface area contributed by atoms with Gasteiger partial charge in [0.15, 0.2) is 0 Å². The summed E-state index contributed by atoms with van der Waals surface area (Å²) >= 11 is 0. The number of fused-ring (bicyclic) bond motifs is 8. The zero-order valence-corrected chi connectivity index (χ0v) is 27.3. The van der Waals surface area contributed by atoms with E-state index in [9.17, 15) is 0 Å². The quantitative estimate of drug-likeness (QED) is 0.135. The largest absolute Gasteiger partial charge is 0.0616 e. The minimum atomic E-state index is 1.22. The van der Waals surface area contributed by atoms with Crippen molar-refractivity contribution in [1.82, 2.24) is 0 Å². The highest BCUT2D eigenvalue weighted by Crippen LogP contribution is 2.50. The second-order valence-electron chi connectivity index (χ2n) is 13.6. The molecule has 0 nitrogen and oxygen atoms in total. The van der Waals surface area contributed by atoms with Crippen molar-refractivity contribution in [2.24, 2.45) is 0 Å². The van der Waals surface area contributed by atoms with Crippen LogP contribution in [-0.4, -0.2) is 0 Å². The second-order valence-corrected chi connectivity index (χ2v) is 13.6. The van der Waals surface area contributed by atoms with Crippen LogP contribution < -0.4 is 0 Å². The van der Waals surface area contributed by atoms with Crippen LogP contribution >= 0.6 is 0 Å². The summed E-state index contributed by atoms with van der Waals surface area (Å²) in [7, 11) is 0. The average molecular weight is 631 g/mol. The molecule has 0 N–H and O–H groups in total. The standard InChI is InChI=1S/C50H30/c1-2-15-38-31(10-1)22-23-32-24-25-35(29-46(32)38)34-13-7-14-36(28-34)49-41-16-3-5-18-43(41)50(44-19-6-4-17-42(44)49)37-26-27-39-40-20-8-11-33-12-9-21-45(48(33)40)47(39)30-37/h1-30H. The minimum Gasteiger partial charge on any atom is -0.0616 e. The van der Waals surface area contributed by atoms with Crippen LogP contribution in [0.5, 0.6) is 0 Å². The number of benzene rings is 10. The van der Waals surface area contributed by atoms with Crippen LogP contribution in [0.1, 0.15) is 0 Å². The van der Waals surface area contributed by atoms with Crippen LogP contribution in [0.25, 0.3) is 109 Å². The van der Waals surface area contributed by atoms with E-state index in [1.807, 2.05) is 0 Å². The van der Waals surface area contributed by atoms with E-state index in [1.165, 1.54) is 109 Å². The molecule has 50 heavy (non-hydrogen) atoms. The Bertz CT molecular complexity index is 2970. The zero-order valence-electron chi connectivity index (χ0n) is 27.3. The van der Waals surface area contributed by atoms with Gasteiger partial charge in [-0.3, -0.25) is 0 Å². The van der Waals surface area contributed by atoms with Crippen LogP contribution in [0, 0.1) is 0 Å². The van der Waals surface area contributed by atoms with Gasteiger partial charge in [0.25, 0.3) is 0 Å². The van der Waals surface area contributed by atoms with Gasteiger partial charge < -0.3 is 0 Å². The van der Waals surface area contributed by atoms with Gasteiger partial charge in [-0.25, -0.2) is 0 Å². The van der Waals surface area contributed by atoms with Gasteiger partial charge in [-0.05, 0) is 128 Å². The first kappa shape index (κ1) is 27.5. The monoisotopic (exact) mass is 630 g/mol. The van der Waals surface area contributed by atoms with Crippen LogP contribution in [0.2, 0.25) is 0 Å². The Balaban J connectivity index is 1.12. The van der Waals surface area contributed by atoms with Gasteiger partial charge in [-0.15, -0.1) is 0 Å². The Morgan fingerprint density at radius 2 is 0.700 bits per heavy atom. The van der Waals surface area contributed by atoms with Gasteiger partial charge in [0.1, 0.15) is 0 Å². The summed E-state index contributed by atoms with van der Waals surface area (Å²) in [6, 6.07) is 67.6. The highest BCUT2D eigenvalue weighted by Gasteiger charge is 2.23. The van der Waals surface area contributed by atoms with Crippen molar-refractivity contribution in [3.63, 3.8) is 0 Å². The van der Waals surface area contributed by atoms with Gasteiger partial charge in [-0.1, -0.05) is 164 Å². The van der Waals surface area contributed by atoms with Gasteiger partial charge >= 0.3 is 0 Å². The third-order valence-electron chi connectivity index (χ3n) is 11.0. The summed E-state index contributed by atoms with van der Waals surface area (Å²) in [6.45, 7) is 0. The fraction of sp³-hybridized carbons (Fsp3) is 0. The Labute approximate surface area is 290 Å². The molecule has 0 spiro atoms. The van der Waals surface area contributed by atoms with Gasteiger partial charge in [0.2, 0.25) is 0 Å². The van der Waals surface area contributed by atoms with E-state index < -0.39 is 0 Å². The van der Waals surface area contributed by atoms with Crippen LogP contribution in [-0.2, 0) is 0 Å². The van der Waals surface area contributed by atoms with Crippen molar-refractivity contribution in [3.8, 4) is 55.6 Å². The van der Waals surface area contributed by atoms with Crippen molar-refractivity contribution in [2.45, 2.75) is 0 Å². The molecule has 0 aromatic heterocycles. The third-order valence-corrected chi connectivity index (χ3v) is 11.0. The average Bonchev–Trinajstić information content (AvgIpc) is 3.51. The summed E-state index contributed by atoms with van der Waals surface area (Å²) in [5, 5.41) is 12.9. The molecule has 1 aliphatic carbocycles. The molecule has 0 saturated heterocycles. The summed E-state index contributed by atoms with van der Waals surface area (Å²) in [4.78, 5) is 0. The van der Waals surface area contributed by atoms with E-state index in [1.54, 1.807) is 0 Å². The maximum absolute atomic E-state index is 2.43. The van der Waals surface area contributed by atoms with Crippen molar-refractivity contribution in [3.05, 3.63) is 182 Å². The summed E-state index contributed by atoms with van der Waals surface area (Å²) in [5.41, 5.74) is 12.8. The summed E-state index contributed by atoms with van der Waals surface area (Å²) in [5.74, 6) is 0. The Kier molecular flexibility index (Phi) is 5.76. The van der Waals surface area contributed by atoms with Crippen LogP contribution in [0.15, 0.2) is 182 Å². The topological polar surface area (TPSA) is 0 Å². The third kappa shape index (κ3) is 3.94. The van der Waals surface area contributed by atoms with Crippen LogP contribution in [0.4, 0.5) is 0 Å². The predicted octanol–water partition coefficient (Wildman–Crippen LogP) is 14.1.